The molecule has 11 heteroatoms. The van der Waals surface area contributed by atoms with Gasteiger partial charge in [-0.2, -0.15) is 9.40 Å². The Bertz CT molecular complexity index is 1530. The Labute approximate surface area is 238 Å². The summed E-state index contributed by atoms with van der Waals surface area (Å²) in [6, 6.07) is 16.4. The predicted molar refractivity (Wildman–Crippen MR) is 158 cm³/mol. The predicted octanol–water partition coefficient (Wildman–Crippen LogP) is 4.95. The second-order valence-corrected chi connectivity index (χ2v) is 13.3. The van der Waals surface area contributed by atoms with Crippen LogP contribution in [0.1, 0.15) is 32.8 Å². The molecule has 1 aromatic heterocycles. The van der Waals surface area contributed by atoms with Crippen LogP contribution in [0.3, 0.4) is 0 Å². The molecule has 2 aliphatic heterocycles. The quantitative estimate of drug-likeness (QED) is 0.288. The van der Waals surface area contributed by atoms with Crippen molar-refractivity contribution in [1.29, 1.82) is 0 Å². The van der Waals surface area contributed by atoms with Gasteiger partial charge in [-0.3, -0.25) is 9.69 Å². The second kappa shape index (κ2) is 11.3. The van der Waals surface area contributed by atoms with E-state index in [-0.39, 0.29) is 23.0 Å². The zero-order chi connectivity index (χ0) is 27.7. The van der Waals surface area contributed by atoms with Gasteiger partial charge in [0.1, 0.15) is 10.0 Å². The van der Waals surface area contributed by atoms with E-state index in [1.54, 1.807) is 33.9 Å². The van der Waals surface area contributed by atoms with Gasteiger partial charge < -0.3 is 4.74 Å². The van der Waals surface area contributed by atoms with Crippen molar-refractivity contribution in [2.45, 2.75) is 44.3 Å². The Kier molecular flexibility index (Phi) is 8.06. The lowest BCUT2D eigenvalue weighted by Crippen LogP contribution is -2.48. The summed E-state index contributed by atoms with van der Waals surface area (Å²) in [5.74, 6) is -0.128. The van der Waals surface area contributed by atoms with Gasteiger partial charge >= 0.3 is 0 Å². The molecule has 39 heavy (non-hydrogen) atoms. The summed E-state index contributed by atoms with van der Waals surface area (Å²) in [6.45, 7) is 6.91. The van der Waals surface area contributed by atoms with Crippen molar-refractivity contribution >= 4 is 50.3 Å². The van der Waals surface area contributed by atoms with Crippen LogP contribution in [-0.2, 0) is 19.6 Å². The van der Waals surface area contributed by atoms with Crippen LogP contribution in [0.25, 0.3) is 23.0 Å². The standard InChI is InChI=1S/C28H30N4O4S3/c1-4-13-31-27(33)25(38-28(31)37)15-22-18-32(23-10-6-5-7-11-23)29-26(22)21-9-8-12-24(14-21)39(34,35)30-16-19(2)36-20(3)17-30/h5-12,14-15,18-20H,4,13,16-17H2,1-3H3. The van der Waals surface area contributed by atoms with Gasteiger partial charge in [0, 0.05) is 37.0 Å². The number of thiocarbonyl (C=S) groups is 1. The summed E-state index contributed by atoms with van der Waals surface area (Å²) in [5.41, 5.74) is 2.74. The number of morpholine rings is 1. The molecule has 0 N–H and O–H groups in total. The van der Waals surface area contributed by atoms with Gasteiger partial charge in [-0.1, -0.05) is 61.2 Å². The Balaban J connectivity index is 1.57. The third-order valence-corrected chi connectivity index (χ3v) is 9.71. The Morgan fingerprint density at radius 3 is 2.51 bits per heavy atom. The maximum Gasteiger partial charge on any atom is 0.266 e. The summed E-state index contributed by atoms with van der Waals surface area (Å²) < 4.78 is 36.7. The second-order valence-electron chi connectivity index (χ2n) is 9.65. The number of hydrogen-bond donors (Lipinski definition) is 0. The zero-order valence-electron chi connectivity index (χ0n) is 22.0. The van der Waals surface area contributed by atoms with Crippen molar-refractivity contribution in [2.75, 3.05) is 19.6 Å². The molecule has 2 fully saturated rings. The third kappa shape index (κ3) is 5.73. The van der Waals surface area contributed by atoms with Crippen molar-refractivity contribution in [2.24, 2.45) is 0 Å². The fourth-order valence-corrected chi connectivity index (χ4v) is 7.70. The molecule has 0 radical (unpaired) electrons. The lowest BCUT2D eigenvalue weighted by Gasteiger charge is -2.34. The third-order valence-electron chi connectivity index (χ3n) is 6.50. The highest BCUT2D eigenvalue weighted by atomic mass is 32.2. The van der Waals surface area contributed by atoms with Gasteiger partial charge in [0.25, 0.3) is 5.91 Å². The number of amides is 1. The Morgan fingerprint density at radius 2 is 1.82 bits per heavy atom. The lowest BCUT2D eigenvalue weighted by molar-refractivity contribution is -0.122. The zero-order valence-corrected chi connectivity index (χ0v) is 24.4. The summed E-state index contributed by atoms with van der Waals surface area (Å²) in [5, 5.41) is 4.83. The van der Waals surface area contributed by atoms with Crippen molar-refractivity contribution < 1.29 is 17.9 Å². The van der Waals surface area contributed by atoms with E-state index in [1.165, 1.54) is 16.1 Å². The normalized spacial score (nSPS) is 21.7. The molecule has 0 spiro atoms. The van der Waals surface area contributed by atoms with Crippen molar-refractivity contribution in [3.8, 4) is 16.9 Å². The van der Waals surface area contributed by atoms with E-state index in [4.69, 9.17) is 22.1 Å². The number of sulfonamides is 1. The number of ether oxygens (including phenoxy) is 1. The molecule has 2 aliphatic rings. The first-order valence-electron chi connectivity index (χ1n) is 12.8. The molecule has 3 heterocycles. The molecule has 2 atom stereocenters. The average molecular weight is 583 g/mol. The van der Waals surface area contributed by atoms with Gasteiger partial charge in [-0.15, -0.1) is 0 Å². The summed E-state index contributed by atoms with van der Waals surface area (Å²) in [4.78, 5) is 15.4. The van der Waals surface area contributed by atoms with Crippen LogP contribution >= 0.6 is 24.0 Å². The Hall–Kier alpha value is -2.83. The highest BCUT2D eigenvalue weighted by Crippen LogP contribution is 2.35. The molecular weight excluding hydrogens is 553 g/mol. The minimum atomic E-state index is -3.75. The van der Waals surface area contributed by atoms with Crippen LogP contribution in [0.4, 0.5) is 0 Å². The Morgan fingerprint density at radius 1 is 1.10 bits per heavy atom. The largest absolute Gasteiger partial charge is 0.373 e. The smallest absolute Gasteiger partial charge is 0.266 e. The maximum atomic E-state index is 13.6. The van der Waals surface area contributed by atoms with E-state index in [1.807, 2.05) is 63.4 Å². The average Bonchev–Trinajstić information content (AvgIpc) is 3.45. The number of carbonyl (C=O) groups excluding carboxylic acids is 1. The number of hydrogen-bond acceptors (Lipinski definition) is 7. The van der Waals surface area contributed by atoms with Gasteiger partial charge in [-0.05, 0) is 50.6 Å². The first-order valence-corrected chi connectivity index (χ1v) is 15.5. The summed E-state index contributed by atoms with van der Waals surface area (Å²) >= 11 is 6.72. The molecular formula is C28H30N4O4S3. The van der Waals surface area contributed by atoms with Crippen molar-refractivity contribution in [1.82, 2.24) is 19.0 Å². The van der Waals surface area contributed by atoms with Crippen LogP contribution in [0.2, 0.25) is 0 Å². The number of aromatic nitrogens is 2. The van der Waals surface area contributed by atoms with Crippen LogP contribution in [0, 0.1) is 0 Å². The highest BCUT2D eigenvalue weighted by molar-refractivity contribution is 8.26. The maximum absolute atomic E-state index is 13.6. The molecule has 2 aromatic carbocycles. The molecule has 1 amide bonds. The van der Waals surface area contributed by atoms with E-state index < -0.39 is 10.0 Å². The van der Waals surface area contributed by atoms with Gasteiger partial charge in [0.05, 0.1) is 27.7 Å². The molecule has 8 nitrogen and oxygen atoms in total. The van der Waals surface area contributed by atoms with Crippen LogP contribution in [0.15, 0.2) is 70.6 Å². The molecule has 0 saturated carbocycles. The molecule has 0 bridgehead atoms. The topological polar surface area (TPSA) is 84.7 Å². The van der Waals surface area contributed by atoms with Crippen LogP contribution < -0.4 is 0 Å². The SMILES string of the molecule is CCCN1C(=O)C(=Cc2cn(-c3ccccc3)nc2-c2cccc(S(=O)(=O)N3CC(C)OC(C)C3)c2)SC1=S. The van der Waals surface area contributed by atoms with Gasteiger partial charge in [0.2, 0.25) is 10.0 Å². The number of rotatable bonds is 7. The number of carbonyl (C=O) groups is 1. The first-order chi connectivity index (χ1) is 18.7. The molecule has 2 saturated heterocycles. The lowest BCUT2D eigenvalue weighted by atomic mass is 10.1. The molecule has 0 aliphatic carbocycles. The number of thioether (sulfide) groups is 1. The van der Waals surface area contributed by atoms with E-state index >= 15 is 0 Å². The first kappa shape index (κ1) is 27.7. The molecule has 204 valence electrons. The van der Waals surface area contributed by atoms with Gasteiger partial charge in [0.15, 0.2) is 0 Å². The summed E-state index contributed by atoms with van der Waals surface area (Å²) in [6.07, 6.45) is 4.07. The van der Waals surface area contributed by atoms with Gasteiger partial charge in [-0.25, -0.2) is 13.1 Å². The van der Waals surface area contributed by atoms with Crippen LogP contribution in [0.5, 0.6) is 0 Å². The number of benzene rings is 2. The monoisotopic (exact) mass is 582 g/mol. The van der Waals surface area contributed by atoms with Crippen molar-refractivity contribution in [3.63, 3.8) is 0 Å². The van der Waals surface area contributed by atoms with E-state index in [9.17, 15) is 13.2 Å². The molecule has 3 aromatic rings. The minimum absolute atomic E-state index is 0.128. The van der Waals surface area contributed by atoms with Crippen LogP contribution in [-0.4, -0.2) is 69.5 Å². The minimum Gasteiger partial charge on any atom is -0.373 e. The van der Waals surface area contributed by atoms with E-state index in [0.29, 0.717) is 45.7 Å². The fourth-order valence-electron chi connectivity index (χ4n) is 4.77. The van der Waals surface area contributed by atoms with E-state index in [0.717, 1.165) is 12.1 Å². The molecule has 5 rings (SSSR count). The summed E-state index contributed by atoms with van der Waals surface area (Å²) in [7, 11) is -3.75. The number of nitrogens with zero attached hydrogens (tertiary/aromatic N) is 4. The number of para-hydroxylation sites is 1. The molecule has 2 unspecified atom stereocenters. The fraction of sp³-hybridized carbons (Fsp3) is 0.321. The highest BCUT2D eigenvalue weighted by Gasteiger charge is 2.33. The van der Waals surface area contributed by atoms with E-state index in [2.05, 4.69) is 0 Å². The van der Waals surface area contributed by atoms with Crippen molar-refractivity contribution in [3.05, 3.63) is 71.3 Å².